The van der Waals surface area contributed by atoms with E-state index >= 15 is 0 Å². The highest BCUT2D eigenvalue weighted by molar-refractivity contribution is 5.91. The van der Waals surface area contributed by atoms with Crippen molar-refractivity contribution in [2.45, 2.75) is 6.92 Å². The van der Waals surface area contributed by atoms with Crippen LogP contribution in [0.4, 0.5) is 17.1 Å². The van der Waals surface area contributed by atoms with Crippen LogP contribution in [0.3, 0.4) is 0 Å². The summed E-state index contributed by atoms with van der Waals surface area (Å²) in [6, 6.07) is 12.8. The normalized spacial score (nSPS) is 10.2. The SMILES string of the molecule is Cc1ccc(N(C)c2ccc(C(=O)O)cc2N)cc1. The Labute approximate surface area is 112 Å². The highest BCUT2D eigenvalue weighted by Crippen LogP contribution is 2.29. The van der Waals surface area contributed by atoms with Gasteiger partial charge in [-0.1, -0.05) is 17.7 Å². The van der Waals surface area contributed by atoms with Gasteiger partial charge in [-0.25, -0.2) is 4.79 Å². The molecule has 0 bridgehead atoms. The number of benzene rings is 2. The van der Waals surface area contributed by atoms with Gasteiger partial charge in [0.2, 0.25) is 0 Å². The minimum absolute atomic E-state index is 0.193. The Balaban J connectivity index is 2.36. The summed E-state index contributed by atoms with van der Waals surface area (Å²) in [6.45, 7) is 2.03. The van der Waals surface area contributed by atoms with Gasteiger partial charge in [0.15, 0.2) is 0 Å². The monoisotopic (exact) mass is 256 g/mol. The lowest BCUT2D eigenvalue weighted by atomic mass is 10.1. The quantitative estimate of drug-likeness (QED) is 0.828. The van der Waals surface area contributed by atoms with Gasteiger partial charge in [-0.15, -0.1) is 0 Å². The van der Waals surface area contributed by atoms with Gasteiger partial charge in [0.25, 0.3) is 0 Å². The second kappa shape index (κ2) is 5.02. The zero-order chi connectivity index (χ0) is 14.0. The summed E-state index contributed by atoms with van der Waals surface area (Å²) in [7, 11) is 1.90. The van der Waals surface area contributed by atoms with Crippen LogP contribution in [0, 0.1) is 6.92 Å². The molecule has 0 saturated carbocycles. The molecule has 0 heterocycles. The van der Waals surface area contributed by atoms with Crippen LogP contribution in [0.1, 0.15) is 15.9 Å². The number of anilines is 3. The van der Waals surface area contributed by atoms with Crippen molar-refractivity contribution in [2.24, 2.45) is 0 Å². The number of carbonyl (C=O) groups is 1. The van der Waals surface area contributed by atoms with Gasteiger partial charge in [-0.2, -0.15) is 0 Å². The molecule has 2 aromatic rings. The van der Waals surface area contributed by atoms with Gasteiger partial charge in [0.05, 0.1) is 16.9 Å². The van der Waals surface area contributed by atoms with Crippen molar-refractivity contribution in [2.75, 3.05) is 17.7 Å². The Kier molecular flexibility index (Phi) is 3.42. The van der Waals surface area contributed by atoms with Crippen LogP contribution >= 0.6 is 0 Å². The molecule has 0 amide bonds. The first-order chi connectivity index (χ1) is 8.99. The Hall–Kier alpha value is -2.49. The molecule has 0 unspecified atom stereocenters. The second-order valence-electron chi connectivity index (χ2n) is 4.47. The number of nitrogens with two attached hydrogens (primary N) is 1. The predicted octanol–water partition coefficient (Wildman–Crippen LogP) is 3.04. The largest absolute Gasteiger partial charge is 0.478 e. The smallest absolute Gasteiger partial charge is 0.335 e. The molecular formula is C15H16N2O2. The van der Waals surface area contributed by atoms with E-state index in [9.17, 15) is 4.79 Å². The van der Waals surface area contributed by atoms with Crippen LogP contribution in [0.25, 0.3) is 0 Å². The van der Waals surface area contributed by atoms with E-state index in [4.69, 9.17) is 10.8 Å². The summed E-state index contributed by atoms with van der Waals surface area (Å²) in [5, 5.41) is 8.92. The maximum absolute atomic E-state index is 10.9. The Morgan fingerprint density at radius 3 is 2.32 bits per heavy atom. The maximum atomic E-state index is 10.9. The first-order valence-electron chi connectivity index (χ1n) is 5.92. The summed E-state index contributed by atoms with van der Waals surface area (Å²) in [4.78, 5) is 12.8. The van der Waals surface area contributed by atoms with Gasteiger partial charge in [-0.05, 0) is 37.3 Å². The molecule has 19 heavy (non-hydrogen) atoms. The van der Waals surface area contributed by atoms with E-state index in [1.54, 1.807) is 12.1 Å². The molecule has 0 aromatic heterocycles. The van der Waals surface area contributed by atoms with Crippen LogP contribution in [0.5, 0.6) is 0 Å². The Bertz CT molecular complexity index is 606. The number of carboxylic acids is 1. The maximum Gasteiger partial charge on any atom is 0.335 e. The van der Waals surface area contributed by atoms with E-state index in [-0.39, 0.29) is 5.56 Å². The number of rotatable bonds is 3. The average Bonchev–Trinajstić information content (AvgIpc) is 2.38. The minimum Gasteiger partial charge on any atom is -0.478 e. The summed E-state index contributed by atoms with van der Waals surface area (Å²) < 4.78 is 0. The van der Waals surface area contributed by atoms with Gasteiger partial charge < -0.3 is 15.7 Å². The van der Waals surface area contributed by atoms with Gasteiger partial charge in [-0.3, -0.25) is 0 Å². The van der Waals surface area contributed by atoms with Gasteiger partial charge in [0.1, 0.15) is 0 Å². The van der Waals surface area contributed by atoms with Gasteiger partial charge >= 0.3 is 5.97 Å². The average molecular weight is 256 g/mol. The fourth-order valence-corrected chi connectivity index (χ4v) is 1.90. The van der Waals surface area contributed by atoms with E-state index in [1.807, 2.05) is 43.1 Å². The standard InChI is InChI=1S/C15H16N2O2/c1-10-3-6-12(7-4-10)17(2)14-8-5-11(15(18)19)9-13(14)16/h3-9H,16H2,1-2H3,(H,18,19). The molecule has 3 N–H and O–H groups in total. The molecule has 4 nitrogen and oxygen atoms in total. The number of nitrogen functional groups attached to an aromatic ring is 1. The van der Waals surface area contributed by atoms with Crippen molar-refractivity contribution in [3.05, 3.63) is 53.6 Å². The Morgan fingerprint density at radius 1 is 1.16 bits per heavy atom. The summed E-state index contributed by atoms with van der Waals surface area (Å²) >= 11 is 0. The van der Waals surface area contributed by atoms with E-state index in [1.165, 1.54) is 11.6 Å². The molecule has 4 heteroatoms. The van der Waals surface area contributed by atoms with Gasteiger partial charge in [0, 0.05) is 12.7 Å². The number of nitrogens with zero attached hydrogens (tertiary/aromatic N) is 1. The predicted molar refractivity (Wildman–Crippen MR) is 77.1 cm³/mol. The van der Waals surface area contributed by atoms with Crippen LogP contribution < -0.4 is 10.6 Å². The zero-order valence-electron chi connectivity index (χ0n) is 10.9. The van der Waals surface area contributed by atoms with Crippen molar-refractivity contribution in [1.82, 2.24) is 0 Å². The molecular weight excluding hydrogens is 240 g/mol. The molecule has 2 aromatic carbocycles. The molecule has 2 rings (SSSR count). The molecule has 98 valence electrons. The summed E-state index contributed by atoms with van der Waals surface area (Å²) in [5.74, 6) is -0.976. The highest BCUT2D eigenvalue weighted by Gasteiger charge is 2.10. The van der Waals surface area contributed by atoms with Crippen molar-refractivity contribution in [3.8, 4) is 0 Å². The molecule has 0 aliphatic heterocycles. The first-order valence-corrected chi connectivity index (χ1v) is 5.92. The van der Waals surface area contributed by atoms with Crippen molar-refractivity contribution in [3.63, 3.8) is 0 Å². The third-order valence-electron chi connectivity index (χ3n) is 3.06. The lowest BCUT2D eigenvalue weighted by Crippen LogP contribution is -2.12. The number of aryl methyl sites for hydroxylation is 1. The highest BCUT2D eigenvalue weighted by atomic mass is 16.4. The fourth-order valence-electron chi connectivity index (χ4n) is 1.90. The van der Waals surface area contributed by atoms with Crippen LogP contribution in [0.15, 0.2) is 42.5 Å². The lowest BCUT2D eigenvalue weighted by molar-refractivity contribution is 0.0697. The summed E-state index contributed by atoms with van der Waals surface area (Å²) in [5.41, 5.74) is 9.54. The third kappa shape index (κ3) is 2.68. The number of aromatic carboxylic acids is 1. The van der Waals surface area contributed by atoms with Crippen LogP contribution in [0.2, 0.25) is 0 Å². The van der Waals surface area contributed by atoms with Crippen LogP contribution in [-0.2, 0) is 0 Å². The Morgan fingerprint density at radius 2 is 1.79 bits per heavy atom. The second-order valence-corrected chi connectivity index (χ2v) is 4.47. The van der Waals surface area contributed by atoms with E-state index in [2.05, 4.69) is 0 Å². The van der Waals surface area contributed by atoms with E-state index in [0.29, 0.717) is 5.69 Å². The van der Waals surface area contributed by atoms with Crippen LogP contribution in [-0.4, -0.2) is 18.1 Å². The molecule has 0 spiro atoms. The summed E-state index contributed by atoms with van der Waals surface area (Å²) in [6.07, 6.45) is 0. The topological polar surface area (TPSA) is 66.6 Å². The first kappa shape index (κ1) is 13.0. The molecule has 0 aliphatic carbocycles. The third-order valence-corrected chi connectivity index (χ3v) is 3.06. The molecule has 0 radical (unpaired) electrons. The molecule has 0 atom stereocenters. The number of carboxylic acid groups (broad SMARTS) is 1. The minimum atomic E-state index is -0.976. The molecule has 0 saturated heterocycles. The van der Waals surface area contributed by atoms with E-state index in [0.717, 1.165) is 11.4 Å². The lowest BCUT2D eigenvalue weighted by Gasteiger charge is -2.21. The van der Waals surface area contributed by atoms with Crippen molar-refractivity contribution < 1.29 is 9.90 Å². The van der Waals surface area contributed by atoms with Crippen molar-refractivity contribution in [1.29, 1.82) is 0 Å². The number of hydrogen-bond donors (Lipinski definition) is 2. The van der Waals surface area contributed by atoms with E-state index < -0.39 is 5.97 Å². The molecule has 0 fully saturated rings. The fraction of sp³-hybridized carbons (Fsp3) is 0.133. The molecule has 0 aliphatic rings. The zero-order valence-corrected chi connectivity index (χ0v) is 10.9. The number of hydrogen-bond acceptors (Lipinski definition) is 3. The van der Waals surface area contributed by atoms with Crippen molar-refractivity contribution >= 4 is 23.0 Å².